The number of aliphatic hydroxyl groups excluding tert-OH is 1. The smallest absolute Gasteiger partial charge is 0.396 e. The maximum absolute atomic E-state index is 14.4. The number of benzene rings is 1. The van der Waals surface area contributed by atoms with Crippen molar-refractivity contribution in [3.8, 4) is 11.8 Å². The third kappa shape index (κ3) is 3.94. The predicted molar refractivity (Wildman–Crippen MR) is 84.0 cm³/mol. The Labute approximate surface area is 142 Å². The van der Waals surface area contributed by atoms with Crippen LogP contribution in [0.15, 0.2) is 36.4 Å². The third-order valence-electron chi connectivity index (χ3n) is 3.06. The Balaban J connectivity index is 2.37. The molecule has 1 aromatic heterocycles. The lowest BCUT2D eigenvalue weighted by molar-refractivity contribution is -0.0478. The van der Waals surface area contributed by atoms with Crippen LogP contribution < -0.4 is 14.2 Å². The average molecular weight is 375 g/mol. The van der Waals surface area contributed by atoms with Gasteiger partial charge in [-0.15, -0.1) is 0 Å². The van der Waals surface area contributed by atoms with Crippen LogP contribution in [0.3, 0.4) is 0 Å². The zero-order chi connectivity index (χ0) is 18.7. The van der Waals surface area contributed by atoms with Crippen molar-refractivity contribution in [3.05, 3.63) is 42.2 Å². The van der Waals surface area contributed by atoms with Gasteiger partial charge in [-0.2, -0.15) is 18.7 Å². The monoisotopic (exact) mass is 375 g/mol. The van der Waals surface area contributed by atoms with Crippen LogP contribution in [0.25, 0.3) is 0 Å². The number of halogens is 2. The number of alkyl halides is 2. The Morgan fingerprint density at radius 2 is 1.64 bits per heavy atom. The number of anilines is 1. The average Bonchev–Trinajstić information content (AvgIpc) is 2.60. The number of aliphatic hydroxyl groups is 1. The van der Waals surface area contributed by atoms with Gasteiger partial charge >= 0.3 is 15.3 Å². The second kappa shape index (κ2) is 7.15. The second-order valence-corrected chi connectivity index (χ2v) is 6.50. The van der Waals surface area contributed by atoms with E-state index in [4.69, 9.17) is 9.47 Å². The molecule has 0 aliphatic heterocycles. The van der Waals surface area contributed by atoms with Crippen molar-refractivity contribution in [2.24, 2.45) is 0 Å². The van der Waals surface area contributed by atoms with Crippen LogP contribution in [0.5, 0.6) is 11.8 Å². The van der Waals surface area contributed by atoms with Gasteiger partial charge in [-0.1, -0.05) is 18.2 Å². The summed E-state index contributed by atoms with van der Waals surface area (Å²) >= 11 is 0. The number of hydrogen-bond acceptors (Lipinski definition) is 7. The first-order valence-corrected chi connectivity index (χ1v) is 8.30. The van der Waals surface area contributed by atoms with Crippen LogP contribution in [0.4, 0.5) is 14.5 Å². The molecular formula is C14H15F2N3O5S. The molecule has 0 saturated carbocycles. The first-order chi connectivity index (χ1) is 11.7. The number of nitrogens with one attached hydrogen (secondary N) is 1. The number of hydrogen-bond donors (Lipinski definition) is 2. The molecule has 1 aromatic carbocycles. The van der Waals surface area contributed by atoms with Crippen molar-refractivity contribution < 1.29 is 31.8 Å². The number of rotatable bonds is 7. The minimum atomic E-state index is -5.29. The SMILES string of the molecule is COc1cc(OC)nc(C(O)C(F)(F)S(=O)(=O)Nc2ccccc2)n1. The maximum atomic E-state index is 14.4. The summed E-state index contributed by atoms with van der Waals surface area (Å²) in [4.78, 5) is 7.10. The van der Waals surface area contributed by atoms with Crippen LogP contribution in [0, 0.1) is 0 Å². The normalized spacial score (nSPS) is 13.2. The summed E-state index contributed by atoms with van der Waals surface area (Å²) in [5.74, 6) is -1.21. The quantitative estimate of drug-likeness (QED) is 0.755. The predicted octanol–water partition coefficient (Wildman–Crippen LogP) is 1.56. The van der Waals surface area contributed by atoms with Crippen LogP contribution >= 0.6 is 0 Å². The van der Waals surface area contributed by atoms with E-state index >= 15 is 0 Å². The first-order valence-electron chi connectivity index (χ1n) is 6.81. The van der Waals surface area contributed by atoms with E-state index in [0.717, 1.165) is 0 Å². The fourth-order valence-electron chi connectivity index (χ4n) is 1.78. The Hall–Kier alpha value is -2.53. The number of ether oxygens (including phenoxy) is 2. The van der Waals surface area contributed by atoms with Crippen molar-refractivity contribution in [3.63, 3.8) is 0 Å². The van der Waals surface area contributed by atoms with Gasteiger partial charge in [-0.25, -0.2) is 8.42 Å². The molecule has 0 amide bonds. The van der Waals surface area contributed by atoms with Crippen LogP contribution in [-0.2, 0) is 10.0 Å². The Kier molecular flexibility index (Phi) is 5.38. The van der Waals surface area contributed by atoms with E-state index in [1.165, 1.54) is 44.6 Å². The van der Waals surface area contributed by atoms with E-state index in [-0.39, 0.29) is 17.4 Å². The molecule has 2 aromatic rings. The summed E-state index contributed by atoms with van der Waals surface area (Å²) in [5.41, 5.74) is -0.0847. The number of nitrogens with zero attached hydrogens (tertiary/aromatic N) is 2. The minimum Gasteiger partial charge on any atom is -0.481 e. The van der Waals surface area contributed by atoms with E-state index in [9.17, 15) is 22.3 Å². The number of sulfonamides is 1. The zero-order valence-electron chi connectivity index (χ0n) is 13.2. The highest BCUT2D eigenvalue weighted by Crippen LogP contribution is 2.36. The fourth-order valence-corrected chi connectivity index (χ4v) is 2.76. The largest absolute Gasteiger partial charge is 0.481 e. The first kappa shape index (κ1) is 18.8. The van der Waals surface area contributed by atoms with Gasteiger partial charge in [-0.05, 0) is 12.1 Å². The molecule has 0 fully saturated rings. The lowest BCUT2D eigenvalue weighted by Crippen LogP contribution is -2.40. The number of aromatic nitrogens is 2. The van der Waals surface area contributed by atoms with E-state index in [1.54, 1.807) is 10.8 Å². The van der Waals surface area contributed by atoms with Crippen molar-refractivity contribution in [1.82, 2.24) is 9.97 Å². The molecule has 1 atom stereocenters. The van der Waals surface area contributed by atoms with E-state index in [0.29, 0.717) is 0 Å². The standard InChI is InChI=1S/C14H15F2N3O5S/c1-23-10-8-11(24-2)18-13(17-10)12(20)14(15,16)25(21,22)19-9-6-4-3-5-7-9/h3-8,12,19-20H,1-2H3. The molecule has 2 rings (SSSR count). The van der Waals surface area contributed by atoms with Crippen LogP contribution in [0.1, 0.15) is 11.9 Å². The van der Waals surface area contributed by atoms with Crippen molar-refractivity contribution in [2.75, 3.05) is 18.9 Å². The Bertz CT molecular complexity index is 811. The van der Waals surface area contributed by atoms with Gasteiger partial charge in [0.05, 0.1) is 20.3 Å². The fraction of sp³-hybridized carbons (Fsp3) is 0.286. The number of methoxy groups -OCH3 is 2. The lowest BCUT2D eigenvalue weighted by Gasteiger charge is -2.22. The van der Waals surface area contributed by atoms with E-state index in [1.807, 2.05) is 0 Å². The van der Waals surface area contributed by atoms with Gasteiger partial charge in [-0.3, -0.25) is 4.72 Å². The maximum Gasteiger partial charge on any atom is 0.396 e. The molecule has 0 bridgehead atoms. The molecule has 1 heterocycles. The van der Waals surface area contributed by atoms with Gasteiger partial charge in [0.25, 0.3) is 0 Å². The molecule has 0 spiro atoms. The molecule has 2 N–H and O–H groups in total. The second-order valence-electron chi connectivity index (χ2n) is 4.75. The molecule has 25 heavy (non-hydrogen) atoms. The van der Waals surface area contributed by atoms with E-state index < -0.39 is 27.2 Å². The molecule has 11 heteroatoms. The van der Waals surface area contributed by atoms with Crippen LogP contribution in [0.2, 0.25) is 0 Å². The third-order valence-corrected chi connectivity index (χ3v) is 4.51. The highest BCUT2D eigenvalue weighted by Gasteiger charge is 2.54. The Morgan fingerprint density at radius 3 is 2.12 bits per heavy atom. The zero-order valence-corrected chi connectivity index (χ0v) is 14.0. The summed E-state index contributed by atoms with van der Waals surface area (Å²) in [6.45, 7) is 0. The highest BCUT2D eigenvalue weighted by molar-refractivity contribution is 7.93. The van der Waals surface area contributed by atoms with Gasteiger partial charge in [0.15, 0.2) is 11.9 Å². The summed E-state index contributed by atoms with van der Waals surface area (Å²) in [6.07, 6.45) is -2.85. The van der Waals surface area contributed by atoms with Crippen LogP contribution in [-0.4, -0.2) is 43.0 Å². The van der Waals surface area contributed by atoms with Crippen molar-refractivity contribution in [1.29, 1.82) is 0 Å². The van der Waals surface area contributed by atoms with Crippen molar-refractivity contribution >= 4 is 15.7 Å². The molecule has 0 aliphatic rings. The van der Waals surface area contributed by atoms with Crippen molar-refractivity contribution in [2.45, 2.75) is 11.4 Å². The molecular weight excluding hydrogens is 360 g/mol. The molecule has 0 radical (unpaired) electrons. The number of para-hydroxylation sites is 1. The molecule has 8 nitrogen and oxygen atoms in total. The summed E-state index contributed by atoms with van der Waals surface area (Å²) in [6, 6.07) is 8.26. The van der Waals surface area contributed by atoms with Gasteiger partial charge in [0.2, 0.25) is 11.8 Å². The molecule has 1 unspecified atom stereocenters. The van der Waals surface area contributed by atoms with E-state index in [2.05, 4.69) is 9.97 Å². The molecule has 136 valence electrons. The molecule has 0 saturated heterocycles. The topological polar surface area (TPSA) is 111 Å². The Morgan fingerprint density at radius 1 is 1.12 bits per heavy atom. The summed E-state index contributed by atoms with van der Waals surface area (Å²) in [7, 11) is -2.87. The summed E-state index contributed by atoms with van der Waals surface area (Å²) in [5, 5.41) is 5.27. The molecule has 0 aliphatic carbocycles. The lowest BCUT2D eigenvalue weighted by atomic mass is 10.3. The van der Waals surface area contributed by atoms with Gasteiger partial charge in [0.1, 0.15) is 0 Å². The minimum absolute atomic E-state index is 0.0847. The van der Waals surface area contributed by atoms with Gasteiger partial charge in [0, 0.05) is 5.69 Å². The van der Waals surface area contributed by atoms with Gasteiger partial charge < -0.3 is 14.6 Å². The highest BCUT2D eigenvalue weighted by atomic mass is 32.2. The summed E-state index contributed by atoms with van der Waals surface area (Å²) < 4.78 is 64.1.